The van der Waals surface area contributed by atoms with Gasteiger partial charge in [0.25, 0.3) is 0 Å². The first-order valence-electron chi connectivity index (χ1n) is 6.24. The van der Waals surface area contributed by atoms with E-state index in [1.54, 1.807) is 11.8 Å². The number of hydrogen-bond donors (Lipinski definition) is 1. The van der Waals surface area contributed by atoms with Gasteiger partial charge in [-0.3, -0.25) is 4.79 Å². The Hall–Kier alpha value is -0.610. The van der Waals surface area contributed by atoms with Gasteiger partial charge in [-0.1, -0.05) is 0 Å². The SMILES string of the molecule is CC(O)CCN(C)C(=O)CCN1CCCC1. The number of carbonyl (C=O) groups excluding carboxylic acids is 1. The molecule has 0 aliphatic carbocycles. The normalized spacial score (nSPS) is 18.7. The number of hydrogen-bond acceptors (Lipinski definition) is 3. The molecule has 0 saturated carbocycles. The third kappa shape index (κ3) is 4.94. The molecular weight excluding hydrogens is 204 g/mol. The molecule has 0 aromatic rings. The van der Waals surface area contributed by atoms with Gasteiger partial charge in [0.2, 0.25) is 5.91 Å². The molecule has 4 nitrogen and oxygen atoms in total. The van der Waals surface area contributed by atoms with E-state index >= 15 is 0 Å². The minimum absolute atomic E-state index is 0.188. The van der Waals surface area contributed by atoms with Crippen molar-refractivity contribution >= 4 is 5.91 Å². The van der Waals surface area contributed by atoms with Gasteiger partial charge in [0.1, 0.15) is 0 Å². The van der Waals surface area contributed by atoms with E-state index in [1.807, 2.05) is 7.05 Å². The zero-order valence-corrected chi connectivity index (χ0v) is 10.5. The van der Waals surface area contributed by atoms with Crippen molar-refractivity contribution in [1.82, 2.24) is 9.80 Å². The molecule has 1 N–H and O–H groups in total. The molecular formula is C12H24N2O2. The zero-order chi connectivity index (χ0) is 12.0. The van der Waals surface area contributed by atoms with E-state index in [0.29, 0.717) is 19.4 Å². The quantitative estimate of drug-likeness (QED) is 0.728. The summed E-state index contributed by atoms with van der Waals surface area (Å²) in [6.45, 7) is 5.58. The van der Waals surface area contributed by atoms with E-state index in [2.05, 4.69) is 4.90 Å². The fourth-order valence-electron chi connectivity index (χ4n) is 1.96. The Morgan fingerprint density at radius 1 is 1.44 bits per heavy atom. The predicted octanol–water partition coefficient (Wildman–Crippen LogP) is 0.702. The molecule has 1 fully saturated rings. The lowest BCUT2D eigenvalue weighted by Gasteiger charge is -2.20. The number of aliphatic hydroxyl groups is 1. The molecule has 94 valence electrons. The largest absolute Gasteiger partial charge is 0.393 e. The second-order valence-electron chi connectivity index (χ2n) is 4.75. The standard InChI is InChI=1S/C12H24N2O2/c1-11(15)5-9-13(2)12(16)6-10-14-7-3-4-8-14/h11,15H,3-10H2,1-2H3. The van der Waals surface area contributed by atoms with Crippen LogP contribution in [-0.4, -0.2) is 60.1 Å². The molecule has 0 spiro atoms. The van der Waals surface area contributed by atoms with Crippen LogP contribution in [0.1, 0.15) is 32.6 Å². The van der Waals surface area contributed by atoms with Gasteiger partial charge in [-0.15, -0.1) is 0 Å². The van der Waals surface area contributed by atoms with Crippen molar-refractivity contribution in [3.05, 3.63) is 0 Å². The second kappa shape index (κ2) is 6.86. The van der Waals surface area contributed by atoms with E-state index in [4.69, 9.17) is 5.11 Å². The first kappa shape index (κ1) is 13.5. The average molecular weight is 228 g/mol. The number of rotatable bonds is 6. The lowest BCUT2D eigenvalue weighted by molar-refractivity contribution is -0.130. The summed E-state index contributed by atoms with van der Waals surface area (Å²) in [6, 6.07) is 0. The molecule has 1 amide bonds. The summed E-state index contributed by atoms with van der Waals surface area (Å²) in [5, 5.41) is 9.14. The van der Waals surface area contributed by atoms with Crippen LogP contribution in [0.15, 0.2) is 0 Å². The topological polar surface area (TPSA) is 43.8 Å². The Morgan fingerprint density at radius 3 is 2.62 bits per heavy atom. The smallest absolute Gasteiger partial charge is 0.223 e. The van der Waals surface area contributed by atoms with E-state index in [-0.39, 0.29) is 12.0 Å². The molecule has 0 aromatic heterocycles. The van der Waals surface area contributed by atoms with E-state index in [1.165, 1.54) is 12.8 Å². The van der Waals surface area contributed by atoms with Gasteiger partial charge in [0, 0.05) is 26.6 Å². The highest BCUT2D eigenvalue weighted by Gasteiger charge is 2.14. The highest BCUT2D eigenvalue weighted by Crippen LogP contribution is 2.08. The minimum Gasteiger partial charge on any atom is -0.393 e. The van der Waals surface area contributed by atoms with Gasteiger partial charge in [0.15, 0.2) is 0 Å². The van der Waals surface area contributed by atoms with Crippen LogP contribution in [0, 0.1) is 0 Å². The Morgan fingerprint density at radius 2 is 2.06 bits per heavy atom. The molecule has 1 rings (SSSR count). The number of nitrogens with zero attached hydrogens (tertiary/aromatic N) is 2. The summed E-state index contributed by atoms with van der Waals surface area (Å²) < 4.78 is 0. The van der Waals surface area contributed by atoms with Crippen LogP contribution in [-0.2, 0) is 4.79 Å². The van der Waals surface area contributed by atoms with Gasteiger partial charge in [-0.05, 0) is 39.3 Å². The van der Waals surface area contributed by atoms with Crippen molar-refractivity contribution < 1.29 is 9.90 Å². The fourth-order valence-corrected chi connectivity index (χ4v) is 1.96. The van der Waals surface area contributed by atoms with E-state index in [0.717, 1.165) is 19.6 Å². The van der Waals surface area contributed by atoms with Crippen molar-refractivity contribution in [1.29, 1.82) is 0 Å². The Kier molecular flexibility index (Phi) is 5.77. The molecule has 1 heterocycles. The lowest BCUT2D eigenvalue weighted by Crippen LogP contribution is -2.32. The van der Waals surface area contributed by atoms with Gasteiger partial charge in [-0.2, -0.15) is 0 Å². The van der Waals surface area contributed by atoms with Gasteiger partial charge >= 0.3 is 0 Å². The second-order valence-corrected chi connectivity index (χ2v) is 4.75. The third-order valence-corrected chi connectivity index (χ3v) is 3.15. The predicted molar refractivity (Wildman–Crippen MR) is 64.2 cm³/mol. The molecule has 1 atom stereocenters. The molecule has 0 radical (unpaired) electrons. The summed E-state index contributed by atoms with van der Waals surface area (Å²) in [5.41, 5.74) is 0. The Bertz CT molecular complexity index is 213. The fraction of sp³-hybridized carbons (Fsp3) is 0.917. The molecule has 16 heavy (non-hydrogen) atoms. The highest BCUT2D eigenvalue weighted by atomic mass is 16.3. The van der Waals surface area contributed by atoms with Gasteiger partial charge < -0.3 is 14.9 Å². The average Bonchev–Trinajstić information content (AvgIpc) is 2.75. The molecule has 0 aromatic carbocycles. The maximum absolute atomic E-state index is 11.7. The lowest BCUT2D eigenvalue weighted by atomic mass is 10.2. The Labute approximate surface area is 98.2 Å². The summed E-state index contributed by atoms with van der Waals surface area (Å²) >= 11 is 0. The first-order valence-corrected chi connectivity index (χ1v) is 6.24. The van der Waals surface area contributed by atoms with Crippen molar-refractivity contribution in [2.24, 2.45) is 0 Å². The molecule has 0 bridgehead atoms. The van der Waals surface area contributed by atoms with Crippen LogP contribution in [0.25, 0.3) is 0 Å². The van der Waals surface area contributed by atoms with E-state index in [9.17, 15) is 4.79 Å². The first-order chi connectivity index (χ1) is 7.59. The van der Waals surface area contributed by atoms with E-state index < -0.39 is 0 Å². The van der Waals surface area contributed by atoms with Crippen molar-refractivity contribution in [3.8, 4) is 0 Å². The van der Waals surface area contributed by atoms with Crippen LogP contribution in [0.5, 0.6) is 0 Å². The van der Waals surface area contributed by atoms with Crippen molar-refractivity contribution in [3.63, 3.8) is 0 Å². The molecule has 1 unspecified atom stereocenters. The maximum Gasteiger partial charge on any atom is 0.223 e. The molecule has 1 aliphatic rings. The monoisotopic (exact) mass is 228 g/mol. The Balaban J connectivity index is 2.12. The zero-order valence-electron chi connectivity index (χ0n) is 10.5. The highest BCUT2D eigenvalue weighted by molar-refractivity contribution is 5.76. The minimum atomic E-state index is -0.325. The summed E-state index contributed by atoms with van der Waals surface area (Å²) in [5.74, 6) is 0.188. The number of likely N-dealkylation sites (tertiary alicyclic amines) is 1. The van der Waals surface area contributed by atoms with Crippen LogP contribution in [0.4, 0.5) is 0 Å². The molecule has 1 saturated heterocycles. The van der Waals surface area contributed by atoms with Crippen LogP contribution in [0.2, 0.25) is 0 Å². The molecule has 1 aliphatic heterocycles. The van der Waals surface area contributed by atoms with Gasteiger partial charge in [-0.25, -0.2) is 0 Å². The summed E-state index contributed by atoms with van der Waals surface area (Å²) in [6.07, 6.45) is 3.48. The number of aliphatic hydroxyl groups excluding tert-OH is 1. The van der Waals surface area contributed by atoms with Crippen molar-refractivity contribution in [2.75, 3.05) is 33.2 Å². The maximum atomic E-state index is 11.7. The van der Waals surface area contributed by atoms with Crippen LogP contribution in [0.3, 0.4) is 0 Å². The third-order valence-electron chi connectivity index (χ3n) is 3.15. The van der Waals surface area contributed by atoms with Crippen molar-refractivity contribution in [2.45, 2.75) is 38.7 Å². The number of amides is 1. The summed E-state index contributed by atoms with van der Waals surface area (Å²) in [4.78, 5) is 15.8. The van der Waals surface area contributed by atoms with Crippen LogP contribution < -0.4 is 0 Å². The van der Waals surface area contributed by atoms with Gasteiger partial charge in [0.05, 0.1) is 6.10 Å². The molecule has 4 heteroatoms. The number of carbonyl (C=O) groups is 1. The van der Waals surface area contributed by atoms with Crippen LogP contribution >= 0.6 is 0 Å². The summed E-state index contributed by atoms with van der Waals surface area (Å²) in [7, 11) is 1.81.